The number of allylic oxidation sites excluding steroid dienone is 1. The average molecular weight is 260 g/mol. The van der Waals surface area contributed by atoms with Gasteiger partial charge < -0.3 is 0 Å². The Kier molecular flexibility index (Phi) is 4.77. The van der Waals surface area contributed by atoms with Crippen molar-refractivity contribution < 1.29 is 4.92 Å². The molecular weight excluding hydrogens is 249 g/mol. The minimum atomic E-state index is -0.348. The summed E-state index contributed by atoms with van der Waals surface area (Å²) in [6, 6.07) is 5.00. The molecule has 0 aromatic heterocycles. The van der Waals surface area contributed by atoms with Crippen LogP contribution in [-0.4, -0.2) is 11.5 Å². The van der Waals surface area contributed by atoms with Gasteiger partial charge in [0.05, 0.1) is 5.92 Å². The molecule has 0 fully saturated rings. The molecule has 1 aromatic rings. The molecule has 0 N–H and O–H groups in total. The standard InChI is InChI=1S/C11H11Cl2NO2/c1-2-3-8(7-14(15)16)10-5-4-9(12)6-11(10)13/h2,4-6,8H,1,3,7H2. The van der Waals surface area contributed by atoms with Crippen LogP contribution in [0.3, 0.4) is 0 Å². The number of halogens is 2. The second-order valence-corrected chi connectivity index (χ2v) is 4.25. The lowest BCUT2D eigenvalue weighted by Gasteiger charge is -2.12. The summed E-state index contributed by atoms with van der Waals surface area (Å²) in [5, 5.41) is 11.5. The van der Waals surface area contributed by atoms with Gasteiger partial charge in [-0.3, -0.25) is 10.1 Å². The highest BCUT2D eigenvalue weighted by molar-refractivity contribution is 6.35. The van der Waals surface area contributed by atoms with Crippen molar-refractivity contribution in [3.05, 3.63) is 56.6 Å². The second-order valence-electron chi connectivity index (χ2n) is 3.40. The van der Waals surface area contributed by atoms with E-state index in [0.29, 0.717) is 16.5 Å². The minimum Gasteiger partial charge on any atom is -0.265 e. The highest BCUT2D eigenvalue weighted by atomic mass is 35.5. The van der Waals surface area contributed by atoms with E-state index in [1.54, 1.807) is 24.3 Å². The minimum absolute atomic E-state index is 0.159. The molecule has 1 rings (SSSR count). The molecule has 5 heteroatoms. The smallest absolute Gasteiger partial charge is 0.211 e. The second kappa shape index (κ2) is 5.87. The van der Waals surface area contributed by atoms with Crippen molar-refractivity contribution in [2.75, 3.05) is 6.54 Å². The maximum Gasteiger partial charge on any atom is 0.211 e. The molecule has 0 aliphatic rings. The zero-order valence-corrected chi connectivity index (χ0v) is 10.0. The maximum absolute atomic E-state index is 10.5. The van der Waals surface area contributed by atoms with E-state index in [2.05, 4.69) is 6.58 Å². The van der Waals surface area contributed by atoms with Crippen molar-refractivity contribution in [2.45, 2.75) is 12.3 Å². The molecule has 0 spiro atoms. The zero-order chi connectivity index (χ0) is 12.1. The Labute approximate surface area is 104 Å². The molecule has 1 aromatic carbocycles. The van der Waals surface area contributed by atoms with E-state index in [0.717, 1.165) is 5.56 Å². The van der Waals surface area contributed by atoms with Gasteiger partial charge in [-0.25, -0.2) is 0 Å². The van der Waals surface area contributed by atoms with Gasteiger partial charge in [0.25, 0.3) is 0 Å². The summed E-state index contributed by atoms with van der Waals surface area (Å²) in [6.45, 7) is 3.43. The summed E-state index contributed by atoms with van der Waals surface area (Å²) < 4.78 is 0. The van der Waals surface area contributed by atoms with Gasteiger partial charge in [-0.15, -0.1) is 6.58 Å². The van der Waals surface area contributed by atoms with E-state index in [9.17, 15) is 10.1 Å². The lowest BCUT2D eigenvalue weighted by molar-refractivity contribution is -0.483. The first-order valence-corrected chi connectivity index (χ1v) is 5.47. The van der Waals surface area contributed by atoms with Crippen LogP contribution in [0.25, 0.3) is 0 Å². The van der Waals surface area contributed by atoms with Gasteiger partial charge in [-0.1, -0.05) is 35.3 Å². The first-order valence-electron chi connectivity index (χ1n) is 4.72. The molecule has 0 heterocycles. The Morgan fingerprint density at radius 1 is 1.50 bits per heavy atom. The monoisotopic (exact) mass is 259 g/mol. The van der Waals surface area contributed by atoms with E-state index in [-0.39, 0.29) is 17.4 Å². The van der Waals surface area contributed by atoms with Crippen molar-refractivity contribution in [3.63, 3.8) is 0 Å². The van der Waals surface area contributed by atoms with Crippen molar-refractivity contribution in [2.24, 2.45) is 0 Å². The Bertz CT molecular complexity index is 407. The fraction of sp³-hybridized carbons (Fsp3) is 0.273. The van der Waals surface area contributed by atoms with E-state index >= 15 is 0 Å². The van der Waals surface area contributed by atoms with Crippen LogP contribution in [0.2, 0.25) is 10.0 Å². The number of rotatable bonds is 5. The average Bonchev–Trinajstić information content (AvgIpc) is 2.16. The Balaban J connectivity index is 3.00. The molecule has 0 radical (unpaired) electrons. The molecule has 1 atom stereocenters. The van der Waals surface area contributed by atoms with Crippen LogP contribution >= 0.6 is 23.2 Å². The number of nitro groups is 1. The van der Waals surface area contributed by atoms with Crippen molar-refractivity contribution >= 4 is 23.2 Å². The zero-order valence-electron chi connectivity index (χ0n) is 8.53. The fourth-order valence-corrected chi connectivity index (χ4v) is 2.08. The molecule has 0 saturated carbocycles. The van der Waals surface area contributed by atoms with Gasteiger partial charge in [0.1, 0.15) is 0 Å². The van der Waals surface area contributed by atoms with Crippen molar-refractivity contribution in [3.8, 4) is 0 Å². The summed E-state index contributed by atoms with van der Waals surface area (Å²) in [5.74, 6) is -0.253. The Hall–Kier alpha value is -1.06. The van der Waals surface area contributed by atoms with E-state index in [1.165, 1.54) is 0 Å². The first kappa shape index (κ1) is 13.0. The molecule has 0 amide bonds. The Morgan fingerprint density at radius 2 is 2.19 bits per heavy atom. The van der Waals surface area contributed by atoms with Crippen molar-refractivity contribution in [1.82, 2.24) is 0 Å². The SMILES string of the molecule is C=CCC(C[N+](=O)[O-])c1ccc(Cl)cc1Cl. The lowest BCUT2D eigenvalue weighted by Crippen LogP contribution is -2.12. The third-order valence-corrected chi connectivity index (χ3v) is 2.79. The Morgan fingerprint density at radius 3 is 2.69 bits per heavy atom. The van der Waals surface area contributed by atoms with Crippen LogP contribution < -0.4 is 0 Å². The molecular formula is C11H11Cl2NO2. The van der Waals surface area contributed by atoms with Gasteiger partial charge in [0.15, 0.2) is 0 Å². The topological polar surface area (TPSA) is 43.1 Å². The fourth-order valence-electron chi connectivity index (χ4n) is 1.51. The molecule has 0 aliphatic heterocycles. The summed E-state index contributed by atoms with van der Waals surface area (Å²) in [6.07, 6.45) is 2.17. The van der Waals surface area contributed by atoms with E-state index in [1.807, 2.05) is 0 Å². The first-order chi connectivity index (χ1) is 7.54. The van der Waals surface area contributed by atoms with E-state index < -0.39 is 0 Å². The molecule has 0 saturated heterocycles. The third-order valence-electron chi connectivity index (χ3n) is 2.22. The van der Waals surface area contributed by atoms with Crippen LogP contribution in [0.15, 0.2) is 30.9 Å². The van der Waals surface area contributed by atoms with Crippen LogP contribution in [0.1, 0.15) is 17.9 Å². The van der Waals surface area contributed by atoms with Crippen LogP contribution in [0, 0.1) is 10.1 Å². The number of benzene rings is 1. The van der Waals surface area contributed by atoms with Crippen molar-refractivity contribution in [1.29, 1.82) is 0 Å². The molecule has 0 aliphatic carbocycles. The van der Waals surface area contributed by atoms with Crippen LogP contribution in [0.4, 0.5) is 0 Å². The lowest BCUT2D eigenvalue weighted by atomic mass is 9.96. The molecule has 0 bridgehead atoms. The highest BCUT2D eigenvalue weighted by Gasteiger charge is 2.19. The van der Waals surface area contributed by atoms with Crippen LogP contribution in [0.5, 0.6) is 0 Å². The molecule has 1 unspecified atom stereocenters. The van der Waals surface area contributed by atoms with Gasteiger partial charge in [0, 0.05) is 15.0 Å². The predicted molar refractivity (Wildman–Crippen MR) is 65.9 cm³/mol. The van der Waals surface area contributed by atoms with Crippen LogP contribution in [-0.2, 0) is 0 Å². The number of nitrogens with zero attached hydrogens (tertiary/aromatic N) is 1. The third kappa shape index (κ3) is 3.51. The number of hydrogen-bond acceptors (Lipinski definition) is 2. The summed E-state index contributed by atoms with van der Waals surface area (Å²) >= 11 is 11.8. The van der Waals surface area contributed by atoms with Gasteiger partial charge in [-0.05, 0) is 24.1 Å². The van der Waals surface area contributed by atoms with E-state index in [4.69, 9.17) is 23.2 Å². The van der Waals surface area contributed by atoms with Gasteiger partial charge in [0.2, 0.25) is 6.54 Å². The molecule has 3 nitrogen and oxygen atoms in total. The molecule has 16 heavy (non-hydrogen) atoms. The summed E-state index contributed by atoms with van der Waals surface area (Å²) in [4.78, 5) is 10.2. The van der Waals surface area contributed by atoms with Gasteiger partial charge >= 0.3 is 0 Å². The quantitative estimate of drug-likeness (QED) is 0.457. The maximum atomic E-state index is 10.5. The largest absolute Gasteiger partial charge is 0.265 e. The summed E-state index contributed by atoms with van der Waals surface area (Å²) in [5.41, 5.74) is 0.739. The predicted octanol–water partition coefficient (Wildman–Crippen LogP) is 3.93. The van der Waals surface area contributed by atoms with Gasteiger partial charge in [-0.2, -0.15) is 0 Å². The summed E-state index contributed by atoms with van der Waals surface area (Å²) in [7, 11) is 0. The number of hydrogen-bond donors (Lipinski definition) is 0. The highest BCUT2D eigenvalue weighted by Crippen LogP contribution is 2.29. The molecule has 86 valence electrons. The normalized spacial score (nSPS) is 12.1.